The van der Waals surface area contributed by atoms with Crippen molar-refractivity contribution in [3.8, 4) is 0 Å². The highest BCUT2D eigenvalue weighted by molar-refractivity contribution is 5.88. The number of hydrogen-bond acceptors (Lipinski definition) is 2. The van der Waals surface area contributed by atoms with Crippen molar-refractivity contribution in [2.24, 2.45) is 0 Å². The van der Waals surface area contributed by atoms with E-state index in [4.69, 9.17) is 0 Å². The highest BCUT2D eigenvalue weighted by atomic mass is 16.2. The molecule has 1 aliphatic carbocycles. The minimum atomic E-state index is -0.509. The average Bonchev–Trinajstić information content (AvgIpc) is 2.72. The van der Waals surface area contributed by atoms with Gasteiger partial charge in [-0.05, 0) is 44.7 Å². The van der Waals surface area contributed by atoms with E-state index >= 15 is 0 Å². The molecule has 0 bridgehead atoms. The van der Waals surface area contributed by atoms with Gasteiger partial charge in [0.05, 0.1) is 6.42 Å². The molecule has 4 heteroatoms. The van der Waals surface area contributed by atoms with Gasteiger partial charge in [-0.1, -0.05) is 78.9 Å². The molecule has 2 aromatic carbocycles. The molecule has 2 amide bonds. The highest BCUT2D eigenvalue weighted by Crippen LogP contribution is 2.19. The van der Waals surface area contributed by atoms with Crippen LogP contribution in [0.15, 0.2) is 48.5 Å². The molecule has 3 rings (SSSR count). The molecule has 0 heterocycles. The van der Waals surface area contributed by atoms with Crippen molar-refractivity contribution in [1.29, 1.82) is 0 Å². The second-order valence-electron chi connectivity index (χ2n) is 8.70. The van der Waals surface area contributed by atoms with Crippen molar-refractivity contribution in [1.82, 2.24) is 10.2 Å². The first-order valence-corrected chi connectivity index (χ1v) is 11.1. The molecule has 0 spiro atoms. The van der Waals surface area contributed by atoms with Crippen molar-refractivity contribution in [3.05, 3.63) is 70.8 Å². The molecule has 1 saturated carbocycles. The maximum atomic E-state index is 13.3. The van der Waals surface area contributed by atoms with Crippen LogP contribution in [0.1, 0.15) is 61.3 Å². The fraction of sp³-hybridized carbons (Fsp3) is 0.462. The molecule has 160 valence electrons. The third-order valence-corrected chi connectivity index (χ3v) is 5.95. The predicted molar refractivity (Wildman–Crippen MR) is 121 cm³/mol. The van der Waals surface area contributed by atoms with E-state index in [-0.39, 0.29) is 17.9 Å². The van der Waals surface area contributed by atoms with Gasteiger partial charge in [0, 0.05) is 12.6 Å². The molecule has 0 unspecified atom stereocenters. The van der Waals surface area contributed by atoms with Crippen LogP contribution in [0.2, 0.25) is 0 Å². The van der Waals surface area contributed by atoms with Crippen LogP contribution in [-0.4, -0.2) is 28.8 Å². The molecule has 4 nitrogen and oxygen atoms in total. The van der Waals surface area contributed by atoms with Gasteiger partial charge in [-0.25, -0.2) is 0 Å². The Kier molecular flexibility index (Phi) is 7.67. The van der Waals surface area contributed by atoms with E-state index in [1.165, 1.54) is 19.3 Å². The van der Waals surface area contributed by atoms with Crippen LogP contribution in [0.4, 0.5) is 0 Å². The van der Waals surface area contributed by atoms with Crippen molar-refractivity contribution in [3.63, 3.8) is 0 Å². The number of amides is 2. The quantitative estimate of drug-likeness (QED) is 0.724. The summed E-state index contributed by atoms with van der Waals surface area (Å²) in [5.41, 5.74) is 4.32. The lowest BCUT2D eigenvalue weighted by Gasteiger charge is -2.31. The number of carbonyl (C=O) groups is 2. The lowest BCUT2D eigenvalue weighted by Crippen LogP contribution is -2.50. The Bertz CT molecular complexity index is 836. The molecule has 1 N–H and O–H groups in total. The molecular formula is C26H34N2O2. The van der Waals surface area contributed by atoms with Crippen molar-refractivity contribution in [2.75, 3.05) is 0 Å². The van der Waals surface area contributed by atoms with Gasteiger partial charge in [0.15, 0.2) is 0 Å². The topological polar surface area (TPSA) is 49.4 Å². The highest BCUT2D eigenvalue weighted by Gasteiger charge is 2.28. The van der Waals surface area contributed by atoms with Gasteiger partial charge >= 0.3 is 0 Å². The number of nitrogens with zero attached hydrogens (tertiary/aromatic N) is 1. The van der Waals surface area contributed by atoms with E-state index in [0.29, 0.717) is 13.0 Å². The van der Waals surface area contributed by atoms with Crippen LogP contribution in [0.3, 0.4) is 0 Å². The Morgan fingerprint density at radius 1 is 0.967 bits per heavy atom. The molecule has 2 aromatic rings. The molecule has 1 aliphatic rings. The van der Waals surface area contributed by atoms with E-state index in [2.05, 4.69) is 23.5 Å². The number of hydrogen-bond donors (Lipinski definition) is 1. The number of aryl methyl sites for hydroxylation is 2. The predicted octanol–water partition coefficient (Wildman–Crippen LogP) is 4.71. The summed E-state index contributed by atoms with van der Waals surface area (Å²) in [6.07, 6.45) is 5.95. The van der Waals surface area contributed by atoms with Gasteiger partial charge in [0.1, 0.15) is 6.04 Å². The molecule has 1 fully saturated rings. The smallest absolute Gasteiger partial charge is 0.242 e. The molecule has 0 aliphatic heterocycles. The summed E-state index contributed by atoms with van der Waals surface area (Å²) in [4.78, 5) is 28.1. The number of carbonyl (C=O) groups excluding carboxylic acids is 2. The summed E-state index contributed by atoms with van der Waals surface area (Å²) >= 11 is 0. The first kappa shape index (κ1) is 22.1. The maximum absolute atomic E-state index is 13.3. The standard InChI is InChI=1S/C26H34N2O2/c1-19-14-20(2)16-23(15-19)17-25(29)28(18-22-10-6-4-7-11-22)21(3)26(30)27-24-12-8-5-9-13-24/h4,6-7,10-11,14-16,21,24H,5,8-9,12-13,17-18H2,1-3H3,(H,27,30)/t21-/m1/s1. The molecular weight excluding hydrogens is 372 g/mol. The first-order valence-electron chi connectivity index (χ1n) is 11.1. The fourth-order valence-electron chi connectivity index (χ4n) is 4.38. The zero-order valence-electron chi connectivity index (χ0n) is 18.5. The number of rotatable bonds is 7. The van der Waals surface area contributed by atoms with Gasteiger partial charge in [0.25, 0.3) is 0 Å². The van der Waals surface area contributed by atoms with E-state index < -0.39 is 6.04 Å². The lowest BCUT2D eigenvalue weighted by molar-refractivity contribution is -0.140. The van der Waals surface area contributed by atoms with Gasteiger partial charge < -0.3 is 10.2 Å². The van der Waals surface area contributed by atoms with E-state index in [0.717, 1.165) is 35.1 Å². The third kappa shape index (κ3) is 6.19. The van der Waals surface area contributed by atoms with E-state index in [1.807, 2.05) is 51.1 Å². The van der Waals surface area contributed by atoms with Crippen molar-refractivity contribution in [2.45, 2.75) is 77.9 Å². The van der Waals surface area contributed by atoms with Crippen LogP contribution < -0.4 is 5.32 Å². The number of nitrogens with one attached hydrogen (secondary N) is 1. The summed E-state index contributed by atoms with van der Waals surface area (Å²) in [5, 5.41) is 3.19. The third-order valence-electron chi connectivity index (χ3n) is 5.95. The summed E-state index contributed by atoms with van der Waals surface area (Å²) in [6, 6.07) is 15.8. The zero-order chi connectivity index (χ0) is 21.5. The van der Waals surface area contributed by atoms with Gasteiger partial charge in [-0.15, -0.1) is 0 Å². The Labute approximate surface area is 180 Å². The molecule has 0 saturated heterocycles. The monoisotopic (exact) mass is 406 g/mol. The Morgan fingerprint density at radius 2 is 1.60 bits per heavy atom. The maximum Gasteiger partial charge on any atom is 0.242 e. The number of benzene rings is 2. The van der Waals surface area contributed by atoms with Crippen LogP contribution >= 0.6 is 0 Å². The van der Waals surface area contributed by atoms with E-state index in [1.54, 1.807) is 4.90 Å². The van der Waals surface area contributed by atoms with Gasteiger partial charge in [0.2, 0.25) is 11.8 Å². The Morgan fingerprint density at radius 3 is 2.23 bits per heavy atom. The molecule has 0 aromatic heterocycles. The zero-order valence-corrected chi connectivity index (χ0v) is 18.5. The van der Waals surface area contributed by atoms with Crippen LogP contribution in [0.25, 0.3) is 0 Å². The normalized spacial score (nSPS) is 15.4. The average molecular weight is 407 g/mol. The largest absolute Gasteiger partial charge is 0.352 e. The SMILES string of the molecule is Cc1cc(C)cc(CC(=O)N(Cc2ccccc2)[C@H](C)C(=O)NC2CCCCC2)c1. The molecule has 1 atom stereocenters. The minimum absolute atomic E-state index is 0.0184. The van der Waals surface area contributed by atoms with Crippen LogP contribution in [0, 0.1) is 13.8 Å². The van der Waals surface area contributed by atoms with E-state index in [9.17, 15) is 9.59 Å². The summed E-state index contributed by atoms with van der Waals surface area (Å²) < 4.78 is 0. The van der Waals surface area contributed by atoms with Crippen molar-refractivity contribution >= 4 is 11.8 Å². The van der Waals surface area contributed by atoms with Crippen LogP contribution in [-0.2, 0) is 22.6 Å². The lowest BCUT2D eigenvalue weighted by atomic mass is 9.95. The first-order chi connectivity index (χ1) is 14.4. The summed E-state index contributed by atoms with van der Waals surface area (Å²) in [6.45, 7) is 6.37. The van der Waals surface area contributed by atoms with Crippen LogP contribution in [0.5, 0.6) is 0 Å². The van der Waals surface area contributed by atoms with Gasteiger partial charge in [-0.3, -0.25) is 9.59 Å². The Hall–Kier alpha value is -2.62. The minimum Gasteiger partial charge on any atom is -0.352 e. The van der Waals surface area contributed by atoms with Crippen molar-refractivity contribution < 1.29 is 9.59 Å². The second-order valence-corrected chi connectivity index (χ2v) is 8.70. The Balaban J connectivity index is 1.76. The second kappa shape index (κ2) is 10.4. The fourth-order valence-corrected chi connectivity index (χ4v) is 4.38. The molecule has 0 radical (unpaired) electrons. The summed E-state index contributed by atoms with van der Waals surface area (Å²) in [7, 11) is 0. The molecule has 30 heavy (non-hydrogen) atoms. The van der Waals surface area contributed by atoms with Gasteiger partial charge in [-0.2, -0.15) is 0 Å². The summed E-state index contributed by atoms with van der Waals surface area (Å²) in [5.74, 6) is -0.0678.